The number of hydrogen-bond donors (Lipinski definition) is 2. The third-order valence-corrected chi connectivity index (χ3v) is 3.78. The lowest BCUT2D eigenvalue weighted by atomic mass is 10.0. The molecule has 1 aromatic rings. The molecule has 0 aromatic carbocycles. The summed E-state index contributed by atoms with van der Waals surface area (Å²) >= 11 is 1.57. The van der Waals surface area contributed by atoms with Crippen LogP contribution in [0.1, 0.15) is 26.7 Å². The van der Waals surface area contributed by atoms with Crippen molar-refractivity contribution >= 4 is 17.4 Å². The molecular formula is C11H18N2OS. The lowest BCUT2D eigenvalue weighted by Gasteiger charge is -2.24. The van der Waals surface area contributed by atoms with Gasteiger partial charge in [-0.05, 0) is 25.0 Å². The third kappa shape index (κ3) is 3.72. The van der Waals surface area contributed by atoms with Crippen molar-refractivity contribution in [3.63, 3.8) is 0 Å². The Labute approximate surface area is 95.1 Å². The van der Waals surface area contributed by atoms with Gasteiger partial charge >= 0.3 is 0 Å². The van der Waals surface area contributed by atoms with Crippen molar-refractivity contribution in [3.8, 4) is 0 Å². The number of pyridine rings is 1. The van der Waals surface area contributed by atoms with Gasteiger partial charge in [0, 0.05) is 5.75 Å². The number of nitrogens with zero attached hydrogens (tertiary/aromatic N) is 1. The van der Waals surface area contributed by atoms with Crippen LogP contribution in [0.3, 0.4) is 0 Å². The molecule has 4 heteroatoms. The topological polar surface area (TPSA) is 59.1 Å². The number of rotatable bonds is 5. The van der Waals surface area contributed by atoms with E-state index in [1.165, 1.54) is 0 Å². The summed E-state index contributed by atoms with van der Waals surface area (Å²) in [5, 5.41) is 11.0. The number of anilines is 1. The molecule has 0 amide bonds. The molecule has 0 saturated heterocycles. The molecular weight excluding hydrogens is 208 g/mol. The molecule has 15 heavy (non-hydrogen) atoms. The molecule has 84 valence electrons. The second-order valence-corrected chi connectivity index (χ2v) is 4.65. The fourth-order valence-electron chi connectivity index (χ4n) is 1.14. The Balaban J connectivity index is 2.53. The van der Waals surface area contributed by atoms with Crippen molar-refractivity contribution in [2.45, 2.75) is 37.3 Å². The van der Waals surface area contributed by atoms with Crippen LogP contribution in [0.2, 0.25) is 0 Å². The van der Waals surface area contributed by atoms with Crippen LogP contribution in [0.15, 0.2) is 23.4 Å². The zero-order valence-electron chi connectivity index (χ0n) is 9.23. The fourth-order valence-corrected chi connectivity index (χ4v) is 2.26. The van der Waals surface area contributed by atoms with Crippen LogP contribution in [0.5, 0.6) is 0 Å². The van der Waals surface area contributed by atoms with E-state index < -0.39 is 5.60 Å². The van der Waals surface area contributed by atoms with Gasteiger partial charge in [-0.3, -0.25) is 0 Å². The van der Waals surface area contributed by atoms with Crippen LogP contribution in [0, 0.1) is 0 Å². The van der Waals surface area contributed by atoms with Gasteiger partial charge in [0.25, 0.3) is 0 Å². The van der Waals surface area contributed by atoms with Crippen molar-refractivity contribution in [2.24, 2.45) is 0 Å². The van der Waals surface area contributed by atoms with Gasteiger partial charge in [0.1, 0.15) is 0 Å². The Bertz CT molecular complexity index is 296. The van der Waals surface area contributed by atoms with E-state index in [1.54, 1.807) is 18.0 Å². The highest BCUT2D eigenvalue weighted by atomic mass is 32.2. The molecule has 0 saturated carbocycles. The van der Waals surface area contributed by atoms with E-state index in [2.05, 4.69) is 4.98 Å². The van der Waals surface area contributed by atoms with Crippen molar-refractivity contribution in [1.29, 1.82) is 0 Å². The lowest BCUT2D eigenvalue weighted by Crippen LogP contribution is -2.29. The molecule has 0 aliphatic carbocycles. The molecule has 3 N–H and O–H groups in total. The maximum absolute atomic E-state index is 10.1. The molecule has 0 unspecified atom stereocenters. The average molecular weight is 226 g/mol. The number of thioether (sulfide) groups is 1. The van der Waals surface area contributed by atoms with Crippen LogP contribution >= 0.6 is 11.8 Å². The van der Waals surface area contributed by atoms with Crippen molar-refractivity contribution in [2.75, 3.05) is 11.5 Å². The first-order chi connectivity index (χ1) is 7.09. The van der Waals surface area contributed by atoms with E-state index in [9.17, 15) is 5.11 Å². The maximum Gasteiger partial charge on any atom is 0.0962 e. The third-order valence-electron chi connectivity index (χ3n) is 2.56. The standard InChI is InChI=1S/C11H18N2OS/c1-3-11(14,4-2)8-15-10-6-5-9(12)7-13-10/h5-7,14H,3-4,8,12H2,1-2H3. The van der Waals surface area contributed by atoms with Crippen LogP contribution < -0.4 is 5.73 Å². The Hall–Kier alpha value is -0.740. The molecule has 3 nitrogen and oxygen atoms in total. The molecule has 0 spiro atoms. The Morgan fingerprint density at radius 3 is 2.53 bits per heavy atom. The van der Waals surface area contributed by atoms with Gasteiger partial charge in [-0.2, -0.15) is 0 Å². The minimum atomic E-state index is -0.576. The Morgan fingerprint density at radius 2 is 2.07 bits per heavy atom. The van der Waals surface area contributed by atoms with E-state index in [1.807, 2.05) is 26.0 Å². The van der Waals surface area contributed by atoms with Crippen molar-refractivity contribution < 1.29 is 5.11 Å². The second-order valence-electron chi connectivity index (χ2n) is 3.65. The summed E-state index contributed by atoms with van der Waals surface area (Å²) in [6, 6.07) is 3.71. The number of nitrogens with two attached hydrogens (primary N) is 1. The summed E-state index contributed by atoms with van der Waals surface area (Å²) in [5.74, 6) is 0.677. The predicted octanol–water partition coefficient (Wildman–Crippen LogP) is 2.31. The number of aromatic nitrogens is 1. The van der Waals surface area contributed by atoms with Gasteiger partial charge in [0.05, 0.1) is 22.5 Å². The minimum Gasteiger partial charge on any atom is -0.397 e. The predicted molar refractivity (Wildman–Crippen MR) is 64.9 cm³/mol. The van der Waals surface area contributed by atoms with Crippen LogP contribution in [-0.4, -0.2) is 21.4 Å². The molecule has 1 rings (SSSR count). The van der Waals surface area contributed by atoms with Gasteiger partial charge in [0.2, 0.25) is 0 Å². The first kappa shape index (κ1) is 12.3. The van der Waals surface area contributed by atoms with Gasteiger partial charge in [-0.25, -0.2) is 4.98 Å². The molecule has 0 aliphatic rings. The molecule has 0 atom stereocenters. The van der Waals surface area contributed by atoms with E-state index >= 15 is 0 Å². The molecule has 1 aromatic heterocycles. The van der Waals surface area contributed by atoms with E-state index in [4.69, 9.17) is 5.73 Å². The molecule has 1 heterocycles. The van der Waals surface area contributed by atoms with E-state index in [-0.39, 0.29) is 0 Å². The summed E-state index contributed by atoms with van der Waals surface area (Å²) in [4.78, 5) is 4.18. The minimum absolute atomic E-state index is 0.576. The Kier molecular flexibility index (Phi) is 4.42. The lowest BCUT2D eigenvalue weighted by molar-refractivity contribution is 0.0571. The highest BCUT2D eigenvalue weighted by molar-refractivity contribution is 7.99. The summed E-state index contributed by atoms with van der Waals surface area (Å²) < 4.78 is 0. The molecule has 0 aliphatic heterocycles. The van der Waals surface area contributed by atoms with Crippen LogP contribution in [0.25, 0.3) is 0 Å². The first-order valence-electron chi connectivity index (χ1n) is 5.16. The summed E-state index contributed by atoms with van der Waals surface area (Å²) in [6.45, 7) is 4.00. The smallest absolute Gasteiger partial charge is 0.0962 e. The van der Waals surface area contributed by atoms with Crippen molar-refractivity contribution in [1.82, 2.24) is 4.98 Å². The van der Waals surface area contributed by atoms with Gasteiger partial charge < -0.3 is 10.8 Å². The van der Waals surface area contributed by atoms with Gasteiger partial charge in [-0.15, -0.1) is 11.8 Å². The number of nitrogen functional groups attached to an aromatic ring is 1. The highest BCUT2D eigenvalue weighted by Crippen LogP contribution is 2.25. The monoisotopic (exact) mass is 226 g/mol. The van der Waals surface area contributed by atoms with Gasteiger partial charge in [-0.1, -0.05) is 13.8 Å². The molecule has 0 radical (unpaired) electrons. The van der Waals surface area contributed by atoms with Gasteiger partial charge in [0.15, 0.2) is 0 Å². The largest absolute Gasteiger partial charge is 0.397 e. The summed E-state index contributed by atoms with van der Waals surface area (Å²) in [5.41, 5.74) is 5.63. The zero-order chi connectivity index (χ0) is 11.3. The number of aliphatic hydroxyl groups is 1. The SMILES string of the molecule is CCC(O)(CC)CSc1ccc(N)cn1. The zero-order valence-corrected chi connectivity index (χ0v) is 10.0. The maximum atomic E-state index is 10.1. The van der Waals surface area contributed by atoms with Crippen LogP contribution in [0.4, 0.5) is 5.69 Å². The van der Waals surface area contributed by atoms with E-state index in [0.717, 1.165) is 17.9 Å². The Morgan fingerprint density at radius 1 is 1.40 bits per heavy atom. The highest BCUT2D eigenvalue weighted by Gasteiger charge is 2.22. The molecule has 0 bridgehead atoms. The summed E-state index contributed by atoms with van der Waals surface area (Å²) in [6.07, 6.45) is 3.18. The average Bonchev–Trinajstić information content (AvgIpc) is 2.28. The van der Waals surface area contributed by atoms with E-state index in [0.29, 0.717) is 11.4 Å². The normalized spacial score (nSPS) is 11.7. The van der Waals surface area contributed by atoms with Crippen LogP contribution in [-0.2, 0) is 0 Å². The molecule has 0 fully saturated rings. The van der Waals surface area contributed by atoms with Crippen molar-refractivity contribution in [3.05, 3.63) is 18.3 Å². The quantitative estimate of drug-likeness (QED) is 0.756. The number of hydrogen-bond acceptors (Lipinski definition) is 4. The summed E-state index contributed by atoms with van der Waals surface area (Å²) in [7, 11) is 0. The second kappa shape index (κ2) is 5.37. The fraction of sp³-hybridized carbons (Fsp3) is 0.545. The first-order valence-corrected chi connectivity index (χ1v) is 6.15.